The van der Waals surface area contributed by atoms with Crippen LogP contribution in [0.15, 0.2) is 12.3 Å². The molecule has 4 nitrogen and oxygen atoms in total. The summed E-state index contributed by atoms with van der Waals surface area (Å²) in [6.07, 6.45) is -1.63. The van der Waals surface area contributed by atoms with E-state index in [1.165, 1.54) is 0 Å². The summed E-state index contributed by atoms with van der Waals surface area (Å²) in [4.78, 5) is 14.8. The van der Waals surface area contributed by atoms with Crippen molar-refractivity contribution in [3.63, 3.8) is 0 Å². The highest BCUT2D eigenvalue weighted by molar-refractivity contribution is 5.93. The first-order chi connectivity index (χ1) is 7.07. The van der Waals surface area contributed by atoms with Gasteiger partial charge >= 0.3 is 5.97 Å². The molecule has 0 unspecified atom stereocenters. The van der Waals surface area contributed by atoms with Crippen LogP contribution in [-0.4, -0.2) is 17.6 Å². The standard InChI is InChI=1S/C9H10F2N2O2/c1-2-15-9(14)7-6(12)5(8(10)11)3-4-13-7/h3-4,8H,2,12H2,1H3. The average molecular weight is 216 g/mol. The van der Waals surface area contributed by atoms with Crippen molar-refractivity contribution in [2.75, 3.05) is 12.3 Å². The van der Waals surface area contributed by atoms with Crippen molar-refractivity contribution in [3.8, 4) is 0 Å². The molecule has 2 N–H and O–H groups in total. The SMILES string of the molecule is CCOC(=O)c1nccc(C(F)F)c1N. The van der Waals surface area contributed by atoms with E-state index in [-0.39, 0.29) is 18.0 Å². The van der Waals surface area contributed by atoms with Gasteiger partial charge in [-0.1, -0.05) is 0 Å². The summed E-state index contributed by atoms with van der Waals surface area (Å²) in [6.45, 7) is 1.74. The highest BCUT2D eigenvalue weighted by Gasteiger charge is 2.19. The Morgan fingerprint density at radius 3 is 2.87 bits per heavy atom. The summed E-state index contributed by atoms with van der Waals surface area (Å²) in [7, 11) is 0. The van der Waals surface area contributed by atoms with E-state index in [1.807, 2.05) is 0 Å². The normalized spacial score (nSPS) is 10.4. The molecule has 1 rings (SSSR count). The zero-order chi connectivity index (χ0) is 11.4. The number of halogens is 2. The van der Waals surface area contributed by atoms with E-state index in [4.69, 9.17) is 5.73 Å². The molecule has 1 aromatic rings. The molecular formula is C9H10F2N2O2. The molecule has 82 valence electrons. The number of hydrogen-bond donors (Lipinski definition) is 1. The minimum absolute atomic E-state index is 0.138. The Bertz CT molecular complexity index is 369. The zero-order valence-corrected chi connectivity index (χ0v) is 8.04. The van der Waals surface area contributed by atoms with E-state index < -0.39 is 18.0 Å². The second-order valence-corrected chi connectivity index (χ2v) is 2.68. The summed E-state index contributed by atoms with van der Waals surface area (Å²) < 4.78 is 29.4. The van der Waals surface area contributed by atoms with E-state index in [1.54, 1.807) is 6.92 Å². The van der Waals surface area contributed by atoms with Gasteiger partial charge in [0, 0.05) is 11.8 Å². The van der Waals surface area contributed by atoms with E-state index in [9.17, 15) is 13.6 Å². The second-order valence-electron chi connectivity index (χ2n) is 2.68. The van der Waals surface area contributed by atoms with Crippen molar-refractivity contribution in [1.82, 2.24) is 4.98 Å². The fourth-order valence-electron chi connectivity index (χ4n) is 1.04. The average Bonchev–Trinajstić information content (AvgIpc) is 2.17. The second kappa shape index (κ2) is 4.68. The Morgan fingerprint density at radius 2 is 2.33 bits per heavy atom. The first-order valence-electron chi connectivity index (χ1n) is 4.27. The van der Waals surface area contributed by atoms with E-state index in [0.717, 1.165) is 12.3 Å². The maximum atomic E-state index is 12.4. The lowest BCUT2D eigenvalue weighted by molar-refractivity contribution is 0.0520. The van der Waals surface area contributed by atoms with Gasteiger partial charge in [0.2, 0.25) is 0 Å². The Labute approximate surface area is 85.1 Å². The van der Waals surface area contributed by atoms with Crippen LogP contribution >= 0.6 is 0 Å². The third-order valence-electron chi connectivity index (χ3n) is 1.73. The molecule has 6 heteroatoms. The molecule has 15 heavy (non-hydrogen) atoms. The molecule has 0 aliphatic rings. The minimum atomic E-state index is -2.74. The van der Waals surface area contributed by atoms with Gasteiger partial charge in [-0.25, -0.2) is 18.6 Å². The Hall–Kier alpha value is -1.72. The first-order valence-corrected chi connectivity index (χ1v) is 4.27. The maximum Gasteiger partial charge on any atom is 0.359 e. The molecule has 0 aromatic carbocycles. The van der Waals surface area contributed by atoms with Crippen LogP contribution in [0, 0.1) is 0 Å². The fourth-order valence-corrected chi connectivity index (χ4v) is 1.04. The lowest BCUT2D eigenvalue weighted by Gasteiger charge is -2.08. The van der Waals surface area contributed by atoms with E-state index >= 15 is 0 Å². The number of hydrogen-bond acceptors (Lipinski definition) is 4. The number of nitrogens with two attached hydrogens (primary N) is 1. The molecule has 0 fully saturated rings. The van der Waals surface area contributed by atoms with Crippen LogP contribution in [0.1, 0.15) is 29.4 Å². The number of carbonyl (C=O) groups excluding carboxylic acids is 1. The molecule has 0 spiro atoms. The van der Waals surface area contributed by atoms with Crippen LogP contribution in [0.5, 0.6) is 0 Å². The molecule has 0 saturated carbocycles. The number of aromatic nitrogens is 1. The van der Waals surface area contributed by atoms with Gasteiger partial charge in [-0.15, -0.1) is 0 Å². The molecule has 0 bridgehead atoms. The molecular weight excluding hydrogens is 206 g/mol. The number of esters is 1. The Balaban J connectivity index is 3.09. The molecule has 1 aromatic heterocycles. The number of ether oxygens (including phenoxy) is 1. The van der Waals surface area contributed by atoms with Crippen molar-refractivity contribution in [2.45, 2.75) is 13.3 Å². The number of pyridine rings is 1. The third-order valence-corrected chi connectivity index (χ3v) is 1.73. The number of rotatable bonds is 3. The summed E-state index contributed by atoms with van der Waals surface area (Å²) in [5.74, 6) is -0.794. The maximum absolute atomic E-state index is 12.4. The van der Waals surface area contributed by atoms with Gasteiger partial charge in [-0.2, -0.15) is 0 Å². The van der Waals surface area contributed by atoms with Crippen molar-refractivity contribution in [1.29, 1.82) is 0 Å². The number of alkyl halides is 2. The van der Waals surface area contributed by atoms with Crippen LogP contribution in [-0.2, 0) is 4.74 Å². The minimum Gasteiger partial charge on any atom is -0.461 e. The number of anilines is 1. The summed E-state index contributed by atoms with van der Waals surface area (Å²) in [5.41, 5.74) is 4.37. The molecule has 0 amide bonds. The lowest BCUT2D eigenvalue weighted by atomic mass is 10.2. The lowest BCUT2D eigenvalue weighted by Crippen LogP contribution is -2.12. The summed E-state index contributed by atoms with van der Waals surface area (Å²) >= 11 is 0. The topological polar surface area (TPSA) is 65.2 Å². The monoisotopic (exact) mass is 216 g/mol. The van der Waals surface area contributed by atoms with Crippen molar-refractivity contribution in [3.05, 3.63) is 23.5 Å². The third kappa shape index (κ3) is 2.39. The van der Waals surface area contributed by atoms with E-state index in [0.29, 0.717) is 0 Å². The Morgan fingerprint density at radius 1 is 1.67 bits per heavy atom. The summed E-state index contributed by atoms with van der Waals surface area (Å²) in [6, 6.07) is 1.07. The van der Waals surface area contributed by atoms with Crippen LogP contribution < -0.4 is 5.73 Å². The predicted octanol–water partition coefficient (Wildman–Crippen LogP) is 1.78. The van der Waals surface area contributed by atoms with Gasteiger partial charge in [0.25, 0.3) is 6.43 Å². The smallest absolute Gasteiger partial charge is 0.359 e. The number of nitrogen functional groups attached to an aromatic ring is 1. The van der Waals surface area contributed by atoms with Crippen molar-refractivity contribution < 1.29 is 18.3 Å². The van der Waals surface area contributed by atoms with Crippen LogP contribution in [0.4, 0.5) is 14.5 Å². The van der Waals surface area contributed by atoms with Crippen LogP contribution in [0.2, 0.25) is 0 Å². The van der Waals surface area contributed by atoms with E-state index in [2.05, 4.69) is 9.72 Å². The van der Waals surface area contributed by atoms with Crippen LogP contribution in [0.3, 0.4) is 0 Å². The zero-order valence-electron chi connectivity index (χ0n) is 8.04. The fraction of sp³-hybridized carbons (Fsp3) is 0.333. The van der Waals surface area contributed by atoms with Gasteiger partial charge in [0.15, 0.2) is 5.69 Å². The Kier molecular flexibility index (Phi) is 3.54. The van der Waals surface area contributed by atoms with Gasteiger partial charge in [0.1, 0.15) is 0 Å². The molecule has 0 atom stereocenters. The highest BCUT2D eigenvalue weighted by Crippen LogP contribution is 2.26. The molecule has 0 aliphatic heterocycles. The summed E-state index contributed by atoms with van der Waals surface area (Å²) in [5, 5.41) is 0. The predicted molar refractivity (Wildman–Crippen MR) is 49.6 cm³/mol. The van der Waals surface area contributed by atoms with Crippen molar-refractivity contribution in [2.24, 2.45) is 0 Å². The molecule has 1 heterocycles. The number of carbonyl (C=O) groups is 1. The molecule has 0 aliphatic carbocycles. The molecule has 0 saturated heterocycles. The van der Waals surface area contributed by atoms with Gasteiger partial charge in [0.05, 0.1) is 12.3 Å². The highest BCUT2D eigenvalue weighted by atomic mass is 19.3. The largest absolute Gasteiger partial charge is 0.461 e. The van der Waals surface area contributed by atoms with Gasteiger partial charge < -0.3 is 10.5 Å². The number of nitrogens with zero attached hydrogens (tertiary/aromatic N) is 1. The van der Waals surface area contributed by atoms with Crippen molar-refractivity contribution >= 4 is 11.7 Å². The van der Waals surface area contributed by atoms with Gasteiger partial charge in [-0.05, 0) is 13.0 Å². The first kappa shape index (κ1) is 11.4. The quantitative estimate of drug-likeness (QED) is 0.782. The molecule has 0 radical (unpaired) electrons. The van der Waals surface area contributed by atoms with Crippen LogP contribution in [0.25, 0.3) is 0 Å². The van der Waals surface area contributed by atoms with Gasteiger partial charge in [-0.3, -0.25) is 0 Å².